The molecule has 0 radical (unpaired) electrons. The van der Waals surface area contributed by atoms with Crippen molar-refractivity contribution in [3.8, 4) is 0 Å². The zero-order valence-electron chi connectivity index (χ0n) is 15.3. The van der Waals surface area contributed by atoms with E-state index in [1.54, 1.807) is 11.8 Å². The van der Waals surface area contributed by atoms with Gasteiger partial charge in [-0.1, -0.05) is 44.9 Å². The first-order chi connectivity index (χ1) is 11.6. The minimum atomic E-state index is 0.515. The molecular formula is C17H32N6S. The van der Waals surface area contributed by atoms with Gasteiger partial charge in [0.1, 0.15) is 5.82 Å². The molecule has 0 aliphatic heterocycles. The lowest BCUT2D eigenvalue weighted by Crippen LogP contribution is -2.41. The van der Waals surface area contributed by atoms with Crippen LogP contribution in [-0.4, -0.2) is 39.6 Å². The monoisotopic (exact) mass is 352 g/mol. The fraction of sp³-hybridized carbons (Fsp3) is 0.824. The van der Waals surface area contributed by atoms with Gasteiger partial charge in [0.2, 0.25) is 0 Å². The van der Waals surface area contributed by atoms with Crippen molar-refractivity contribution in [2.24, 2.45) is 16.6 Å². The third-order valence-electron chi connectivity index (χ3n) is 4.32. The van der Waals surface area contributed by atoms with E-state index >= 15 is 0 Å². The Bertz CT molecular complexity index is 519. The highest BCUT2D eigenvalue weighted by atomic mass is 32.2. The predicted molar refractivity (Wildman–Crippen MR) is 101 cm³/mol. The maximum absolute atomic E-state index is 6.01. The minimum Gasteiger partial charge on any atom is -0.370 e. The minimum absolute atomic E-state index is 0.515. The topological polar surface area (TPSA) is 81.1 Å². The number of hydrogen-bond donors (Lipinski definition) is 2. The zero-order chi connectivity index (χ0) is 17.4. The van der Waals surface area contributed by atoms with Gasteiger partial charge in [-0.3, -0.25) is 4.99 Å². The molecule has 1 saturated carbocycles. The van der Waals surface area contributed by atoms with E-state index in [0.717, 1.165) is 36.9 Å². The molecule has 0 aromatic carbocycles. The van der Waals surface area contributed by atoms with E-state index in [2.05, 4.69) is 38.9 Å². The van der Waals surface area contributed by atoms with Crippen molar-refractivity contribution in [1.29, 1.82) is 0 Å². The van der Waals surface area contributed by atoms with Gasteiger partial charge in [0, 0.05) is 25.6 Å². The number of aliphatic imine (C=N–C) groups is 1. The van der Waals surface area contributed by atoms with Crippen molar-refractivity contribution in [3.63, 3.8) is 0 Å². The first-order valence-corrected chi connectivity index (χ1v) is 10.3. The molecule has 6 nitrogen and oxygen atoms in total. The van der Waals surface area contributed by atoms with E-state index in [0.29, 0.717) is 17.9 Å². The van der Waals surface area contributed by atoms with Gasteiger partial charge in [0.25, 0.3) is 0 Å². The molecule has 24 heavy (non-hydrogen) atoms. The smallest absolute Gasteiger partial charge is 0.190 e. The quantitative estimate of drug-likeness (QED) is 0.325. The van der Waals surface area contributed by atoms with Crippen molar-refractivity contribution in [2.75, 3.05) is 12.8 Å². The lowest BCUT2D eigenvalue weighted by Gasteiger charge is -2.23. The lowest BCUT2D eigenvalue weighted by molar-refractivity contribution is 0.412. The van der Waals surface area contributed by atoms with Gasteiger partial charge in [-0.2, -0.15) is 0 Å². The number of nitrogens with one attached hydrogen (secondary N) is 1. The summed E-state index contributed by atoms with van der Waals surface area (Å²) in [5.41, 5.74) is 6.01. The Morgan fingerprint density at radius 3 is 2.75 bits per heavy atom. The first kappa shape index (κ1) is 19.1. The largest absolute Gasteiger partial charge is 0.370 e. The first-order valence-electron chi connectivity index (χ1n) is 9.12. The molecule has 2 rings (SSSR count). The number of guanidine groups is 1. The second-order valence-corrected chi connectivity index (χ2v) is 7.73. The third-order valence-corrected chi connectivity index (χ3v) is 4.99. The second-order valence-electron chi connectivity index (χ2n) is 6.96. The van der Waals surface area contributed by atoms with Crippen molar-refractivity contribution in [3.05, 3.63) is 5.82 Å². The van der Waals surface area contributed by atoms with Crippen molar-refractivity contribution in [1.82, 2.24) is 20.1 Å². The SMILES string of the molecule is CSc1nnc(CCCN=C(N)NC2CCCCC2)n1CC(C)C. The highest BCUT2D eigenvalue weighted by Crippen LogP contribution is 2.18. The summed E-state index contributed by atoms with van der Waals surface area (Å²) >= 11 is 1.65. The van der Waals surface area contributed by atoms with Crippen molar-refractivity contribution >= 4 is 17.7 Å². The predicted octanol–water partition coefficient (Wildman–Crippen LogP) is 2.83. The summed E-state index contributed by atoms with van der Waals surface area (Å²) in [4.78, 5) is 4.47. The number of aromatic nitrogens is 3. The van der Waals surface area contributed by atoms with E-state index in [1.807, 2.05) is 6.26 Å². The molecule has 0 spiro atoms. The van der Waals surface area contributed by atoms with Gasteiger partial charge in [-0.25, -0.2) is 0 Å². The van der Waals surface area contributed by atoms with Gasteiger partial charge >= 0.3 is 0 Å². The molecule has 0 amide bonds. The van der Waals surface area contributed by atoms with Crippen LogP contribution in [0.5, 0.6) is 0 Å². The van der Waals surface area contributed by atoms with Crippen molar-refractivity contribution < 1.29 is 0 Å². The van der Waals surface area contributed by atoms with Gasteiger partial charge < -0.3 is 15.6 Å². The average Bonchev–Trinajstić information content (AvgIpc) is 2.93. The number of hydrogen-bond acceptors (Lipinski definition) is 4. The summed E-state index contributed by atoms with van der Waals surface area (Å²) in [6.07, 6.45) is 10.3. The molecule has 0 bridgehead atoms. The maximum atomic E-state index is 6.01. The number of aryl methyl sites for hydroxylation is 1. The Hall–Kier alpha value is -1.24. The van der Waals surface area contributed by atoms with E-state index in [4.69, 9.17) is 5.73 Å². The van der Waals surface area contributed by atoms with E-state index in [9.17, 15) is 0 Å². The molecule has 0 atom stereocenters. The van der Waals surface area contributed by atoms with E-state index in [1.165, 1.54) is 32.1 Å². The van der Waals surface area contributed by atoms with Gasteiger partial charge in [0.15, 0.2) is 11.1 Å². The molecular weight excluding hydrogens is 320 g/mol. The van der Waals surface area contributed by atoms with Crippen LogP contribution in [0.2, 0.25) is 0 Å². The van der Waals surface area contributed by atoms with Crippen LogP contribution in [0.1, 0.15) is 58.2 Å². The zero-order valence-corrected chi connectivity index (χ0v) is 16.1. The van der Waals surface area contributed by atoms with Crippen LogP contribution < -0.4 is 11.1 Å². The van der Waals surface area contributed by atoms with Crippen molar-refractivity contribution in [2.45, 2.75) is 76.5 Å². The molecule has 1 aromatic rings. The lowest BCUT2D eigenvalue weighted by atomic mass is 9.96. The summed E-state index contributed by atoms with van der Waals surface area (Å²) in [6.45, 7) is 6.13. The van der Waals surface area contributed by atoms with Gasteiger partial charge in [0.05, 0.1) is 0 Å². The number of nitrogens with zero attached hydrogens (tertiary/aromatic N) is 4. The molecule has 7 heteroatoms. The summed E-state index contributed by atoms with van der Waals surface area (Å²) in [6, 6.07) is 0.515. The van der Waals surface area contributed by atoms with Crippen LogP contribution in [-0.2, 0) is 13.0 Å². The molecule has 3 N–H and O–H groups in total. The van der Waals surface area contributed by atoms with Crippen LogP contribution in [0.3, 0.4) is 0 Å². The normalized spacial score (nSPS) is 16.8. The Kier molecular flexibility index (Phi) is 7.88. The molecule has 1 fully saturated rings. The highest BCUT2D eigenvalue weighted by molar-refractivity contribution is 7.98. The second kappa shape index (κ2) is 9.91. The standard InChI is InChI=1S/C17H32N6S/c1-13(2)12-23-15(21-22-17(23)24-3)10-7-11-19-16(18)20-14-8-5-4-6-9-14/h13-14H,4-12H2,1-3H3,(H3,18,19,20). The van der Waals surface area contributed by atoms with E-state index < -0.39 is 0 Å². The summed E-state index contributed by atoms with van der Waals surface area (Å²) in [7, 11) is 0. The molecule has 136 valence electrons. The van der Waals surface area contributed by atoms with Crippen LogP contribution in [0.25, 0.3) is 0 Å². The molecule has 0 saturated heterocycles. The third kappa shape index (κ3) is 6.00. The van der Waals surface area contributed by atoms with Crippen LogP contribution in [0, 0.1) is 5.92 Å². The van der Waals surface area contributed by atoms with Crippen LogP contribution in [0.15, 0.2) is 10.1 Å². The highest BCUT2D eigenvalue weighted by Gasteiger charge is 2.14. The molecule has 0 unspecified atom stereocenters. The van der Waals surface area contributed by atoms with Crippen LogP contribution >= 0.6 is 11.8 Å². The fourth-order valence-corrected chi connectivity index (χ4v) is 3.66. The molecule has 1 aliphatic rings. The molecule has 1 heterocycles. The summed E-state index contributed by atoms with van der Waals surface area (Å²) in [5, 5.41) is 13.0. The number of rotatable bonds is 8. The Morgan fingerprint density at radius 2 is 2.08 bits per heavy atom. The van der Waals surface area contributed by atoms with E-state index in [-0.39, 0.29) is 0 Å². The maximum Gasteiger partial charge on any atom is 0.190 e. The molecule has 1 aliphatic carbocycles. The van der Waals surface area contributed by atoms with Gasteiger partial charge in [-0.05, 0) is 31.4 Å². The summed E-state index contributed by atoms with van der Waals surface area (Å²) < 4.78 is 2.24. The van der Waals surface area contributed by atoms with Crippen LogP contribution in [0.4, 0.5) is 0 Å². The average molecular weight is 353 g/mol. The van der Waals surface area contributed by atoms with Gasteiger partial charge in [-0.15, -0.1) is 10.2 Å². The number of thioether (sulfide) groups is 1. The molecule has 1 aromatic heterocycles. The Labute approximate surface area is 150 Å². The number of nitrogens with two attached hydrogens (primary N) is 1. The Balaban J connectivity index is 1.78. The summed E-state index contributed by atoms with van der Waals surface area (Å²) in [5.74, 6) is 2.23. The Morgan fingerprint density at radius 1 is 1.33 bits per heavy atom. The fourth-order valence-electron chi connectivity index (χ4n) is 3.14.